The number of benzene rings is 2. The number of carboxylic acid groups (broad SMARTS) is 1. The molecular formula is C17H12F6O3. The minimum Gasteiger partial charge on any atom is -0.481 e. The molecule has 0 atom stereocenters. The number of halogens is 6. The van der Waals surface area contributed by atoms with Crippen LogP contribution < -0.4 is 4.74 Å². The third-order valence-electron chi connectivity index (χ3n) is 3.37. The zero-order valence-corrected chi connectivity index (χ0v) is 13.0. The van der Waals surface area contributed by atoms with Crippen molar-refractivity contribution in [3.63, 3.8) is 0 Å². The summed E-state index contributed by atoms with van der Waals surface area (Å²) in [6, 6.07) is 7.48. The van der Waals surface area contributed by atoms with Gasteiger partial charge in [0, 0.05) is 12.0 Å². The average Bonchev–Trinajstić information content (AvgIpc) is 2.51. The normalized spacial score (nSPS) is 12.1. The van der Waals surface area contributed by atoms with Gasteiger partial charge in [-0.15, -0.1) is 13.2 Å². The number of ether oxygens (including phenoxy) is 1. The maximum Gasteiger partial charge on any atom is 0.573 e. The lowest BCUT2D eigenvalue weighted by Gasteiger charge is -2.16. The summed E-state index contributed by atoms with van der Waals surface area (Å²) in [5.41, 5.74) is -1.39. The van der Waals surface area contributed by atoms with Crippen molar-refractivity contribution in [1.82, 2.24) is 0 Å². The standard InChI is InChI=1S/C17H12F6O3/c18-16(19,20)12-8-10(5-6-15(24)25)7-11(9-12)13-3-1-2-4-14(13)26-17(21,22)23/h1-4,7-9H,5-6H2,(H,24,25). The van der Waals surface area contributed by atoms with Crippen LogP contribution in [0.5, 0.6) is 5.75 Å². The summed E-state index contributed by atoms with van der Waals surface area (Å²) >= 11 is 0. The van der Waals surface area contributed by atoms with E-state index in [1.807, 2.05) is 0 Å². The molecule has 2 aromatic rings. The SMILES string of the molecule is O=C(O)CCc1cc(-c2ccccc2OC(F)(F)F)cc(C(F)(F)F)c1. The summed E-state index contributed by atoms with van der Waals surface area (Å²) in [6.07, 6.45) is -10.4. The predicted octanol–water partition coefficient (Wildman–Crippen LogP) is 5.29. The molecule has 0 aliphatic heterocycles. The second kappa shape index (κ2) is 7.27. The van der Waals surface area contributed by atoms with Crippen molar-refractivity contribution in [3.05, 3.63) is 53.6 Å². The van der Waals surface area contributed by atoms with Gasteiger partial charge in [0.05, 0.1) is 5.56 Å². The molecule has 0 aliphatic rings. The highest BCUT2D eigenvalue weighted by Gasteiger charge is 2.33. The van der Waals surface area contributed by atoms with E-state index in [0.29, 0.717) is 6.07 Å². The van der Waals surface area contributed by atoms with Gasteiger partial charge < -0.3 is 9.84 Å². The molecule has 0 saturated carbocycles. The summed E-state index contributed by atoms with van der Waals surface area (Å²) in [7, 11) is 0. The van der Waals surface area contributed by atoms with Crippen LogP contribution >= 0.6 is 0 Å². The second-order valence-electron chi connectivity index (χ2n) is 5.35. The highest BCUT2D eigenvalue weighted by atomic mass is 19.4. The number of rotatable bonds is 5. The van der Waals surface area contributed by atoms with E-state index >= 15 is 0 Å². The Bertz CT molecular complexity index is 796. The molecule has 2 rings (SSSR count). The molecule has 0 aliphatic carbocycles. The van der Waals surface area contributed by atoms with E-state index in [1.54, 1.807) is 0 Å². The van der Waals surface area contributed by atoms with Gasteiger partial charge in [0.2, 0.25) is 0 Å². The zero-order chi connectivity index (χ0) is 19.5. The number of aryl methyl sites for hydroxylation is 1. The van der Waals surface area contributed by atoms with E-state index in [1.165, 1.54) is 24.3 Å². The van der Waals surface area contributed by atoms with Crippen molar-refractivity contribution in [2.75, 3.05) is 0 Å². The van der Waals surface area contributed by atoms with Crippen molar-refractivity contribution >= 4 is 5.97 Å². The van der Waals surface area contributed by atoms with E-state index < -0.39 is 36.2 Å². The van der Waals surface area contributed by atoms with Gasteiger partial charge in [-0.2, -0.15) is 13.2 Å². The third-order valence-corrected chi connectivity index (χ3v) is 3.37. The van der Waals surface area contributed by atoms with E-state index in [2.05, 4.69) is 4.74 Å². The molecule has 140 valence electrons. The Morgan fingerprint density at radius 3 is 2.23 bits per heavy atom. The number of hydrogen-bond donors (Lipinski definition) is 1. The van der Waals surface area contributed by atoms with Gasteiger partial charge in [-0.05, 0) is 35.7 Å². The van der Waals surface area contributed by atoms with Crippen LogP contribution in [0.25, 0.3) is 11.1 Å². The van der Waals surface area contributed by atoms with E-state index in [-0.39, 0.29) is 23.1 Å². The highest BCUT2D eigenvalue weighted by Crippen LogP contribution is 2.38. The van der Waals surface area contributed by atoms with Crippen LogP contribution in [0.4, 0.5) is 26.3 Å². The summed E-state index contributed by atoms with van der Waals surface area (Å²) in [5, 5.41) is 8.69. The number of alkyl halides is 6. The van der Waals surface area contributed by atoms with Crippen molar-refractivity contribution in [3.8, 4) is 16.9 Å². The largest absolute Gasteiger partial charge is 0.573 e. The second-order valence-corrected chi connectivity index (χ2v) is 5.35. The van der Waals surface area contributed by atoms with Crippen LogP contribution in [0.2, 0.25) is 0 Å². The topological polar surface area (TPSA) is 46.5 Å². The highest BCUT2D eigenvalue weighted by molar-refractivity contribution is 5.72. The average molecular weight is 378 g/mol. The molecule has 0 saturated heterocycles. The van der Waals surface area contributed by atoms with E-state index in [0.717, 1.165) is 12.1 Å². The van der Waals surface area contributed by atoms with Gasteiger partial charge in [0.25, 0.3) is 0 Å². The van der Waals surface area contributed by atoms with Crippen molar-refractivity contribution < 1.29 is 41.0 Å². The van der Waals surface area contributed by atoms with Gasteiger partial charge in [0.15, 0.2) is 0 Å². The van der Waals surface area contributed by atoms with Crippen molar-refractivity contribution in [2.45, 2.75) is 25.4 Å². The molecule has 0 spiro atoms. The predicted molar refractivity (Wildman–Crippen MR) is 79.5 cm³/mol. The fourth-order valence-electron chi connectivity index (χ4n) is 2.33. The first-order valence-corrected chi connectivity index (χ1v) is 7.24. The maximum absolute atomic E-state index is 13.1. The Balaban J connectivity index is 2.55. The molecule has 0 fully saturated rings. The molecule has 2 aromatic carbocycles. The lowest BCUT2D eigenvalue weighted by atomic mass is 9.97. The summed E-state index contributed by atoms with van der Waals surface area (Å²) < 4.78 is 80.8. The first kappa shape index (κ1) is 19.6. The minimum atomic E-state index is -5.01. The van der Waals surface area contributed by atoms with Crippen LogP contribution in [0.15, 0.2) is 42.5 Å². The molecule has 0 radical (unpaired) electrons. The molecule has 0 unspecified atom stereocenters. The van der Waals surface area contributed by atoms with Crippen molar-refractivity contribution in [2.24, 2.45) is 0 Å². The lowest BCUT2D eigenvalue weighted by Crippen LogP contribution is -2.17. The first-order valence-electron chi connectivity index (χ1n) is 7.24. The fourth-order valence-corrected chi connectivity index (χ4v) is 2.33. The maximum atomic E-state index is 13.1. The van der Waals surface area contributed by atoms with E-state index in [4.69, 9.17) is 5.11 Å². The Morgan fingerprint density at radius 1 is 1.00 bits per heavy atom. The number of hydrogen-bond acceptors (Lipinski definition) is 2. The number of carboxylic acids is 1. The van der Waals surface area contributed by atoms with Gasteiger partial charge in [-0.25, -0.2) is 0 Å². The van der Waals surface area contributed by atoms with Crippen LogP contribution in [-0.2, 0) is 17.4 Å². The van der Waals surface area contributed by atoms with Gasteiger partial charge in [-0.3, -0.25) is 4.79 Å². The van der Waals surface area contributed by atoms with Crippen LogP contribution in [-0.4, -0.2) is 17.4 Å². The molecule has 26 heavy (non-hydrogen) atoms. The smallest absolute Gasteiger partial charge is 0.481 e. The lowest BCUT2D eigenvalue weighted by molar-refractivity contribution is -0.274. The Kier molecular flexibility index (Phi) is 5.48. The van der Waals surface area contributed by atoms with Crippen LogP contribution in [0.3, 0.4) is 0 Å². The number of aliphatic carboxylic acids is 1. The van der Waals surface area contributed by atoms with Gasteiger partial charge in [-0.1, -0.05) is 24.3 Å². The molecule has 9 heteroatoms. The minimum absolute atomic E-state index is 0.0408. The summed E-state index contributed by atoms with van der Waals surface area (Å²) in [6.45, 7) is 0. The number of para-hydroxylation sites is 1. The Hall–Kier alpha value is -2.71. The third kappa shape index (κ3) is 5.40. The van der Waals surface area contributed by atoms with Crippen LogP contribution in [0, 0.1) is 0 Å². The molecule has 0 aromatic heterocycles. The quantitative estimate of drug-likeness (QED) is 0.720. The van der Waals surface area contributed by atoms with Gasteiger partial charge >= 0.3 is 18.5 Å². The molecule has 0 heterocycles. The number of carbonyl (C=O) groups is 1. The van der Waals surface area contributed by atoms with E-state index in [9.17, 15) is 31.1 Å². The fraction of sp³-hybridized carbons (Fsp3) is 0.235. The Morgan fingerprint density at radius 2 is 1.65 bits per heavy atom. The zero-order valence-electron chi connectivity index (χ0n) is 13.0. The molecule has 1 N–H and O–H groups in total. The monoisotopic (exact) mass is 378 g/mol. The van der Waals surface area contributed by atoms with Crippen molar-refractivity contribution in [1.29, 1.82) is 0 Å². The molecule has 0 bridgehead atoms. The van der Waals surface area contributed by atoms with Crippen LogP contribution in [0.1, 0.15) is 17.5 Å². The molecule has 0 amide bonds. The summed E-state index contributed by atoms with van der Waals surface area (Å²) in [4.78, 5) is 10.7. The molecule has 3 nitrogen and oxygen atoms in total. The first-order chi connectivity index (χ1) is 12.0. The molecular weight excluding hydrogens is 366 g/mol. The summed E-state index contributed by atoms with van der Waals surface area (Å²) in [5.74, 6) is -1.85. The van der Waals surface area contributed by atoms with Gasteiger partial charge in [0.1, 0.15) is 5.75 Å². The Labute approximate surface area is 143 Å².